The molecule has 0 unspecified atom stereocenters. The highest BCUT2D eigenvalue weighted by Gasteiger charge is 2.74. The Balaban J connectivity index is 0.949. The zero-order chi connectivity index (χ0) is 54.5. The van der Waals surface area contributed by atoms with E-state index in [0.29, 0.717) is 32.1 Å². The summed E-state index contributed by atoms with van der Waals surface area (Å²) in [6, 6.07) is 0. The number of ether oxygens (including phenoxy) is 9. The summed E-state index contributed by atoms with van der Waals surface area (Å²) in [5.74, 6) is -0.0715. The van der Waals surface area contributed by atoms with Crippen molar-refractivity contribution in [2.24, 2.45) is 38.9 Å². The molecule has 11 rings (SSSR count). The minimum absolute atomic E-state index is 0.0720. The second-order valence-electron chi connectivity index (χ2n) is 25.4. The molecule has 22 nitrogen and oxygen atoms in total. The van der Waals surface area contributed by atoms with Gasteiger partial charge in [-0.3, -0.25) is 4.79 Å². The van der Waals surface area contributed by atoms with Crippen LogP contribution in [0.3, 0.4) is 0 Å². The Morgan fingerprint density at radius 1 is 0.613 bits per heavy atom. The fourth-order valence-electron chi connectivity index (χ4n) is 16.2. The monoisotopic (exact) mass is 1070 g/mol. The van der Waals surface area contributed by atoms with Crippen LogP contribution in [0.15, 0.2) is 23.3 Å². The predicted molar refractivity (Wildman–Crippen MR) is 255 cm³/mol. The Morgan fingerprint density at radius 3 is 1.85 bits per heavy atom. The van der Waals surface area contributed by atoms with E-state index in [-0.39, 0.29) is 34.1 Å². The molecule has 0 aromatic rings. The van der Waals surface area contributed by atoms with E-state index in [0.717, 1.165) is 30.4 Å². The number of carbonyl (C=O) groups is 1. The van der Waals surface area contributed by atoms with E-state index >= 15 is 0 Å². The minimum atomic E-state index is -1.96. The van der Waals surface area contributed by atoms with E-state index in [9.17, 15) is 66.1 Å². The Morgan fingerprint density at radius 2 is 1.20 bits per heavy atom. The second-order valence-corrected chi connectivity index (χ2v) is 25.4. The molecule has 28 atom stereocenters. The van der Waals surface area contributed by atoms with Crippen LogP contribution in [-0.4, -0.2) is 221 Å². The number of hydrogen-bond acceptors (Lipinski definition) is 22. The lowest BCUT2D eigenvalue weighted by atomic mass is 9.35. The highest BCUT2D eigenvalue weighted by atomic mass is 16.8. The summed E-state index contributed by atoms with van der Waals surface area (Å²) in [6.45, 7) is 14.4. The van der Waals surface area contributed by atoms with Crippen molar-refractivity contribution >= 4 is 5.97 Å². The summed E-state index contributed by atoms with van der Waals surface area (Å²) in [7, 11) is 0. The van der Waals surface area contributed by atoms with E-state index < -0.39 is 165 Å². The number of aliphatic hydroxyl groups excluding tert-OH is 11. The second kappa shape index (κ2) is 19.4. The van der Waals surface area contributed by atoms with Gasteiger partial charge in [-0.15, -0.1) is 0 Å². The maximum Gasteiger partial charge on any atom is 0.317 e. The van der Waals surface area contributed by atoms with Gasteiger partial charge in [-0.25, -0.2) is 0 Å². The Hall–Kier alpha value is -1.85. The van der Waals surface area contributed by atoms with Crippen molar-refractivity contribution in [3.05, 3.63) is 23.3 Å². The van der Waals surface area contributed by atoms with Crippen LogP contribution >= 0.6 is 0 Å². The average molecular weight is 1070 g/mol. The molecule has 0 aromatic carbocycles. The summed E-state index contributed by atoms with van der Waals surface area (Å²) < 4.78 is 55.6. The van der Waals surface area contributed by atoms with Crippen molar-refractivity contribution in [3.8, 4) is 0 Å². The Bertz CT molecular complexity index is 2210. The fourth-order valence-corrected chi connectivity index (χ4v) is 16.2. The number of rotatable bonds is 10. The van der Waals surface area contributed by atoms with Gasteiger partial charge >= 0.3 is 5.97 Å². The molecule has 11 aliphatic rings. The summed E-state index contributed by atoms with van der Waals surface area (Å²) in [5, 5.41) is 131. The Kier molecular flexibility index (Phi) is 14.6. The van der Waals surface area contributed by atoms with Gasteiger partial charge in [-0.05, 0) is 117 Å². The van der Waals surface area contributed by atoms with Gasteiger partial charge in [0, 0.05) is 0 Å². The van der Waals surface area contributed by atoms with E-state index in [1.807, 2.05) is 13.8 Å². The molecule has 2 bridgehead atoms. The minimum Gasteiger partial charge on any atom is -0.455 e. The molecule has 6 heterocycles. The maximum atomic E-state index is 13.9. The first-order valence-corrected chi connectivity index (χ1v) is 27.0. The SMILES string of the molecule is C[C@@H]1O[C@H](O[C@H]2[C@@H](O[C@H]3CC[C@]4(C)[C@H]5C=CC6=C7[C@@]8(CC[C@@](C)(OC8=O)[C@]7(C)O)CC[C@]6(C)[C@@]5(C)CC[C@H]4C3(C)C)OC[C@@H](O)[C@@H]2O[C@@H]2O[C@H](CO)[C@@H](O)[C@@H](O)[C@@H]2O[C@@H]2O[C@H](CO)[C@@H](O)[C@@H](O)[C@H]2O)[C@H](O)[C@@H](O)[C@@H]1O. The van der Waals surface area contributed by atoms with Gasteiger partial charge in [0.05, 0.1) is 37.4 Å². The van der Waals surface area contributed by atoms with Crippen molar-refractivity contribution in [2.45, 2.75) is 241 Å². The van der Waals surface area contributed by atoms with Gasteiger partial charge in [0.1, 0.15) is 96.7 Å². The van der Waals surface area contributed by atoms with Crippen LogP contribution in [0.5, 0.6) is 0 Å². The molecule has 6 saturated heterocycles. The van der Waals surface area contributed by atoms with Gasteiger partial charge < -0.3 is 104 Å². The molecular weight excluding hydrogens is 989 g/mol. The third-order valence-corrected chi connectivity index (χ3v) is 21.2. The van der Waals surface area contributed by atoms with Crippen LogP contribution in [0.25, 0.3) is 0 Å². The average Bonchev–Trinajstić information content (AvgIpc) is 3.36. The first kappa shape index (κ1) is 56.4. The zero-order valence-corrected chi connectivity index (χ0v) is 44.1. The van der Waals surface area contributed by atoms with Gasteiger partial charge in [0.15, 0.2) is 25.2 Å². The van der Waals surface area contributed by atoms with E-state index in [2.05, 4.69) is 46.8 Å². The molecule has 426 valence electrons. The number of hydrogen-bond donors (Lipinski definition) is 12. The zero-order valence-electron chi connectivity index (χ0n) is 44.1. The lowest BCUT2D eigenvalue weighted by molar-refractivity contribution is -0.401. The molecule has 75 heavy (non-hydrogen) atoms. The highest BCUT2D eigenvalue weighted by molar-refractivity contribution is 5.86. The van der Waals surface area contributed by atoms with Crippen molar-refractivity contribution in [2.75, 3.05) is 19.8 Å². The lowest BCUT2D eigenvalue weighted by Gasteiger charge is -2.71. The van der Waals surface area contributed by atoms with Crippen LogP contribution in [0.2, 0.25) is 0 Å². The molecule has 0 amide bonds. The fraction of sp³-hybridized carbons (Fsp3) is 0.906. The normalized spacial score (nSPS) is 56.3. The van der Waals surface area contributed by atoms with Crippen LogP contribution in [0, 0.1) is 38.9 Å². The van der Waals surface area contributed by atoms with Crippen LogP contribution in [0.1, 0.15) is 107 Å². The third-order valence-electron chi connectivity index (χ3n) is 21.2. The molecule has 9 fully saturated rings. The number of carbonyl (C=O) groups excluding carboxylic acids is 1. The molecule has 1 spiro atoms. The molecule has 3 saturated carbocycles. The van der Waals surface area contributed by atoms with Crippen molar-refractivity contribution < 1.29 is 109 Å². The van der Waals surface area contributed by atoms with Crippen molar-refractivity contribution in [1.29, 1.82) is 0 Å². The predicted octanol–water partition coefficient (Wildman–Crippen LogP) is -1.32. The van der Waals surface area contributed by atoms with Gasteiger partial charge in [-0.2, -0.15) is 0 Å². The molecule has 0 radical (unpaired) electrons. The first-order chi connectivity index (χ1) is 35.1. The Labute approximate surface area is 436 Å². The van der Waals surface area contributed by atoms with Gasteiger partial charge in [0.25, 0.3) is 0 Å². The summed E-state index contributed by atoms with van der Waals surface area (Å²) >= 11 is 0. The standard InChI is InChI=1S/C53H82O22/c1-22-30(57)33(60)36(63)42(68-22)74-40-38(72-45-39(35(62)32(59)26(20-55)70-45)73-43-37(64)34(61)31(58)25(19-54)69-43)24(56)21-67-44(40)71-29-12-13-48(4)27(47(29,2)3)11-14-50(6)28(48)10-9-23-41-52(8,66)51(7)16-18-53(41,46(65)75-51)17-15-49(23,50)5/h9-10,22,24-40,42-45,54-64,66H,11-21H2,1-8H3/t22-,24+,25+,26+,27-,28+,29-,30+,31+,32+,33-,34+,35+,36+,37+,38-,39-,40+,42+,43-,44+,45-,48-,49-,50-,51+,52+,53-/m0/s1. The van der Waals surface area contributed by atoms with Crippen molar-refractivity contribution in [1.82, 2.24) is 0 Å². The molecule has 22 heteroatoms. The smallest absolute Gasteiger partial charge is 0.317 e. The summed E-state index contributed by atoms with van der Waals surface area (Å²) in [5.41, 5.74) is -2.80. The van der Waals surface area contributed by atoms with Gasteiger partial charge in [0.2, 0.25) is 0 Å². The number of esters is 1. The molecule has 0 aromatic heterocycles. The quantitative estimate of drug-likeness (QED) is 0.0892. The van der Waals surface area contributed by atoms with Crippen LogP contribution in [0.4, 0.5) is 0 Å². The molecular formula is C53H82O22. The number of aliphatic hydroxyl groups is 12. The maximum absolute atomic E-state index is 13.9. The van der Waals surface area contributed by atoms with E-state index in [1.165, 1.54) is 6.92 Å². The van der Waals surface area contributed by atoms with E-state index in [4.69, 9.17) is 42.6 Å². The topological polar surface area (TPSA) is 343 Å². The molecule has 12 N–H and O–H groups in total. The van der Waals surface area contributed by atoms with Crippen molar-refractivity contribution in [3.63, 3.8) is 0 Å². The lowest BCUT2D eigenvalue weighted by Crippen LogP contribution is -2.71. The number of fused-ring (bicyclic) bond motifs is 7. The van der Waals surface area contributed by atoms with Crippen LogP contribution < -0.4 is 0 Å². The van der Waals surface area contributed by atoms with E-state index in [1.54, 1.807) is 0 Å². The largest absolute Gasteiger partial charge is 0.455 e. The number of allylic oxidation sites excluding steroid dienone is 3. The third kappa shape index (κ3) is 8.27. The molecule has 6 aliphatic heterocycles. The highest BCUT2D eigenvalue weighted by Crippen LogP contribution is 2.75. The van der Waals surface area contributed by atoms with Crippen LogP contribution in [-0.2, 0) is 47.4 Å². The summed E-state index contributed by atoms with van der Waals surface area (Å²) in [6.07, 6.45) is -22.3. The molecule has 5 aliphatic carbocycles. The first-order valence-electron chi connectivity index (χ1n) is 27.0. The summed E-state index contributed by atoms with van der Waals surface area (Å²) in [4.78, 5) is 13.9. The van der Waals surface area contributed by atoms with Gasteiger partial charge in [-0.1, -0.05) is 46.8 Å².